The lowest BCUT2D eigenvalue weighted by Crippen LogP contribution is -2.21. The number of hydrogen-bond acceptors (Lipinski definition) is 3. The molecule has 3 nitrogen and oxygen atoms in total. The Balaban J connectivity index is 0. The van der Waals surface area contributed by atoms with Crippen LogP contribution >= 0.6 is 0 Å². The smallest absolute Gasteiger partial charge is 0.129 e. The van der Waals surface area contributed by atoms with Crippen LogP contribution in [0.5, 0.6) is 0 Å². The second kappa shape index (κ2) is 17.5. The Hall–Kier alpha value is -3.09. The molecule has 1 aromatic carbocycles. The molecule has 1 aliphatic heterocycles. The molecule has 1 unspecified atom stereocenters. The lowest BCUT2D eigenvalue weighted by atomic mass is 9.90. The van der Waals surface area contributed by atoms with Gasteiger partial charge in [0.15, 0.2) is 0 Å². The van der Waals surface area contributed by atoms with E-state index in [1.807, 2.05) is 58.8 Å². The van der Waals surface area contributed by atoms with Crippen molar-refractivity contribution in [1.82, 2.24) is 10.2 Å². The number of nitrogens with one attached hydrogen (secondary N) is 1. The number of rotatable bonds is 6. The number of terminal acetylenes is 1. The number of benzene rings is 1. The SMILES string of the molecule is C#C.C=C(C)C(C)c1cc(CNC)ccc1C.C=CC1=N/C(=C/C)N(C)C(C(=C)C)=C1.CC. The second-order valence-electron chi connectivity index (χ2n) is 7.55. The van der Waals surface area contributed by atoms with E-state index in [2.05, 4.69) is 81.9 Å². The molecule has 1 aliphatic rings. The third kappa shape index (κ3) is 10.4. The minimum Gasteiger partial charge on any atom is -0.329 e. The van der Waals surface area contributed by atoms with Gasteiger partial charge >= 0.3 is 0 Å². The molecule has 0 aliphatic carbocycles. The zero-order valence-electron chi connectivity index (χ0n) is 22.4. The van der Waals surface area contributed by atoms with Crippen LogP contribution in [0.15, 0.2) is 83.8 Å². The maximum atomic E-state index is 4.40. The third-order valence-corrected chi connectivity index (χ3v) is 5.07. The first-order valence-corrected chi connectivity index (χ1v) is 11.4. The number of nitrogens with zero attached hydrogens (tertiary/aromatic N) is 2. The molecule has 2 rings (SSSR count). The summed E-state index contributed by atoms with van der Waals surface area (Å²) >= 11 is 0. The molecule has 0 saturated carbocycles. The van der Waals surface area contributed by atoms with E-state index in [1.165, 1.54) is 22.3 Å². The average molecular weight is 448 g/mol. The van der Waals surface area contributed by atoms with E-state index in [1.54, 1.807) is 6.08 Å². The topological polar surface area (TPSA) is 27.6 Å². The fourth-order valence-corrected chi connectivity index (χ4v) is 3.11. The molecule has 0 aromatic heterocycles. The van der Waals surface area contributed by atoms with E-state index >= 15 is 0 Å². The first kappa shape index (κ1) is 32.1. The van der Waals surface area contributed by atoms with Crippen LogP contribution in [-0.4, -0.2) is 24.7 Å². The Morgan fingerprint density at radius 3 is 2.21 bits per heavy atom. The van der Waals surface area contributed by atoms with E-state index in [0.29, 0.717) is 5.92 Å². The average Bonchev–Trinajstić information content (AvgIpc) is 2.83. The minimum absolute atomic E-state index is 0.446. The van der Waals surface area contributed by atoms with E-state index < -0.39 is 0 Å². The lowest BCUT2D eigenvalue weighted by molar-refractivity contribution is 0.517. The predicted molar refractivity (Wildman–Crippen MR) is 150 cm³/mol. The van der Waals surface area contributed by atoms with Crippen LogP contribution in [0.25, 0.3) is 0 Å². The van der Waals surface area contributed by atoms with Crippen LogP contribution in [0.3, 0.4) is 0 Å². The molecular formula is C30H45N3. The van der Waals surface area contributed by atoms with Crippen molar-refractivity contribution < 1.29 is 0 Å². The molecule has 0 spiro atoms. The summed E-state index contributed by atoms with van der Waals surface area (Å²) in [5.41, 5.74) is 8.31. The maximum absolute atomic E-state index is 4.40. The third-order valence-electron chi connectivity index (χ3n) is 5.07. The zero-order valence-corrected chi connectivity index (χ0v) is 22.4. The molecule has 0 amide bonds. The molecule has 0 radical (unpaired) electrons. The first-order valence-electron chi connectivity index (χ1n) is 11.4. The molecule has 33 heavy (non-hydrogen) atoms. The van der Waals surface area contributed by atoms with Gasteiger partial charge in [-0.2, -0.15) is 0 Å². The van der Waals surface area contributed by atoms with Gasteiger partial charge in [0, 0.05) is 25.2 Å². The summed E-state index contributed by atoms with van der Waals surface area (Å²) in [6.07, 6.45) is 13.7. The van der Waals surface area contributed by atoms with Gasteiger partial charge in [0.1, 0.15) is 5.82 Å². The largest absolute Gasteiger partial charge is 0.329 e. The van der Waals surface area contributed by atoms with E-state index in [9.17, 15) is 0 Å². The highest BCUT2D eigenvalue weighted by Crippen LogP contribution is 2.26. The molecule has 3 heteroatoms. The van der Waals surface area contributed by atoms with Gasteiger partial charge in [-0.25, -0.2) is 4.99 Å². The molecule has 0 saturated heterocycles. The van der Waals surface area contributed by atoms with Crippen molar-refractivity contribution in [3.8, 4) is 12.8 Å². The predicted octanol–water partition coefficient (Wildman–Crippen LogP) is 7.55. The summed E-state index contributed by atoms with van der Waals surface area (Å²) in [5.74, 6) is 1.38. The van der Waals surface area contributed by atoms with Crippen LogP contribution in [0.2, 0.25) is 0 Å². The minimum atomic E-state index is 0.446. The Morgan fingerprint density at radius 2 is 1.79 bits per heavy atom. The van der Waals surface area contributed by atoms with Crippen LogP contribution in [0.1, 0.15) is 64.2 Å². The van der Waals surface area contributed by atoms with Crippen molar-refractivity contribution in [2.75, 3.05) is 14.1 Å². The number of aliphatic imine (C=N–C) groups is 1. The summed E-state index contributed by atoms with van der Waals surface area (Å²) in [6.45, 7) is 27.1. The molecule has 1 atom stereocenters. The molecule has 1 aromatic rings. The van der Waals surface area contributed by atoms with Crippen molar-refractivity contribution in [2.45, 2.75) is 60.9 Å². The summed E-state index contributed by atoms with van der Waals surface area (Å²) in [6, 6.07) is 6.66. The van der Waals surface area contributed by atoms with Crippen LogP contribution in [-0.2, 0) is 6.54 Å². The monoisotopic (exact) mass is 447 g/mol. The van der Waals surface area contributed by atoms with Gasteiger partial charge in [-0.3, -0.25) is 0 Å². The van der Waals surface area contributed by atoms with E-state index in [4.69, 9.17) is 0 Å². The van der Waals surface area contributed by atoms with Crippen LogP contribution < -0.4 is 5.32 Å². The quantitative estimate of drug-likeness (QED) is 0.360. The van der Waals surface area contributed by atoms with Crippen molar-refractivity contribution in [3.05, 3.63) is 95.5 Å². The Morgan fingerprint density at radius 1 is 1.21 bits per heavy atom. The Kier molecular flexibility index (Phi) is 17.0. The number of likely N-dealkylation sites (N-methyl/N-ethyl adjacent to an activating group) is 1. The van der Waals surface area contributed by atoms with Gasteiger partial charge in [0.05, 0.1) is 5.71 Å². The Bertz CT molecular complexity index is 894. The van der Waals surface area contributed by atoms with Gasteiger partial charge in [0.25, 0.3) is 0 Å². The van der Waals surface area contributed by atoms with Gasteiger partial charge in [-0.15, -0.1) is 12.8 Å². The molecule has 1 heterocycles. The summed E-state index contributed by atoms with van der Waals surface area (Å²) in [5, 5.41) is 3.18. The van der Waals surface area contributed by atoms with Crippen molar-refractivity contribution in [3.63, 3.8) is 0 Å². The van der Waals surface area contributed by atoms with Crippen LogP contribution in [0.4, 0.5) is 0 Å². The van der Waals surface area contributed by atoms with E-state index in [0.717, 1.165) is 29.3 Å². The van der Waals surface area contributed by atoms with Crippen molar-refractivity contribution >= 4 is 5.71 Å². The standard InChI is InChI=1S/C14H21N.C12H16N2.C2H6.C2H2/c1-10(2)12(4)14-8-13(9-15-5)7-6-11(14)3;1-6-10-8-11(9(3)4)14(5)12(7-2)13-10;2*1-2/h6-8,12,15H,1,9H2,2-5H3;6-8H,1,3H2,2,4-5H3;1-2H3;1-2H/b;12-7-;;. The fourth-order valence-electron chi connectivity index (χ4n) is 3.11. The zero-order chi connectivity index (χ0) is 26.1. The highest BCUT2D eigenvalue weighted by molar-refractivity contribution is 6.05. The first-order chi connectivity index (χ1) is 15.7. The number of hydrogen-bond donors (Lipinski definition) is 1. The summed E-state index contributed by atoms with van der Waals surface area (Å²) in [4.78, 5) is 6.42. The van der Waals surface area contributed by atoms with Gasteiger partial charge in [0.2, 0.25) is 0 Å². The molecule has 0 fully saturated rings. The maximum Gasteiger partial charge on any atom is 0.129 e. The molecule has 0 bridgehead atoms. The van der Waals surface area contributed by atoms with Crippen molar-refractivity contribution in [2.24, 2.45) is 4.99 Å². The second-order valence-corrected chi connectivity index (χ2v) is 7.55. The van der Waals surface area contributed by atoms with Gasteiger partial charge in [-0.05, 0) is 75.2 Å². The Labute approximate surface area is 204 Å². The number of aryl methyl sites for hydroxylation is 1. The fraction of sp³-hybridized carbons (Fsp3) is 0.367. The van der Waals surface area contributed by atoms with E-state index in [-0.39, 0.29) is 0 Å². The molecular weight excluding hydrogens is 402 g/mol. The highest BCUT2D eigenvalue weighted by Gasteiger charge is 2.14. The summed E-state index contributed by atoms with van der Waals surface area (Å²) < 4.78 is 0. The normalized spacial score (nSPS) is 14.0. The lowest BCUT2D eigenvalue weighted by Gasteiger charge is -2.26. The van der Waals surface area contributed by atoms with Crippen molar-refractivity contribution in [1.29, 1.82) is 0 Å². The molecule has 180 valence electrons. The number of allylic oxidation sites excluding steroid dienone is 5. The molecule has 1 N–H and O–H groups in total. The van der Waals surface area contributed by atoms with Gasteiger partial charge < -0.3 is 10.2 Å². The van der Waals surface area contributed by atoms with Crippen LogP contribution in [0, 0.1) is 19.8 Å². The summed E-state index contributed by atoms with van der Waals surface area (Å²) in [7, 11) is 3.96. The van der Waals surface area contributed by atoms with Gasteiger partial charge in [-0.1, -0.05) is 64.3 Å². The highest BCUT2D eigenvalue weighted by atomic mass is 15.2.